The number of rotatable bonds is 2. The molecule has 0 aliphatic heterocycles. The van der Waals surface area contributed by atoms with E-state index in [9.17, 15) is 36.2 Å². The Morgan fingerprint density at radius 2 is 1.48 bits per heavy atom. The molecule has 23 heavy (non-hydrogen) atoms. The van der Waals surface area contributed by atoms with Crippen LogP contribution in [0.4, 0.5) is 26.3 Å². The number of carboxylic acids is 1. The second-order valence-corrected chi connectivity index (χ2v) is 4.63. The third-order valence-electron chi connectivity index (χ3n) is 3.04. The predicted octanol–water partition coefficient (Wildman–Crippen LogP) is 3.75. The second-order valence-electron chi connectivity index (χ2n) is 4.63. The summed E-state index contributed by atoms with van der Waals surface area (Å²) >= 11 is 0. The molecule has 0 aromatic heterocycles. The monoisotopic (exact) mass is 333 g/mol. The van der Waals surface area contributed by atoms with Crippen LogP contribution in [0.5, 0.6) is 0 Å². The smallest absolute Gasteiger partial charge is 0.417 e. The average Bonchev–Trinajstić information content (AvgIpc) is 2.45. The molecule has 2 nitrogen and oxygen atoms in total. The van der Waals surface area contributed by atoms with E-state index >= 15 is 0 Å². The van der Waals surface area contributed by atoms with Crippen molar-refractivity contribution in [3.63, 3.8) is 0 Å². The Kier molecular flexibility index (Phi) is 4.10. The fourth-order valence-corrected chi connectivity index (χ4v) is 2.05. The summed E-state index contributed by atoms with van der Waals surface area (Å²) in [6.07, 6.45) is -9.71. The molecule has 2 rings (SSSR count). The lowest BCUT2D eigenvalue weighted by Crippen LogP contribution is -2.23. The van der Waals surface area contributed by atoms with Crippen LogP contribution in [0.15, 0.2) is 42.5 Å². The van der Waals surface area contributed by atoms with Crippen LogP contribution in [0.25, 0.3) is 11.1 Å². The minimum Gasteiger partial charge on any atom is -0.545 e. The van der Waals surface area contributed by atoms with Gasteiger partial charge >= 0.3 is 12.4 Å². The second kappa shape index (κ2) is 5.60. The Morgan fingerprint density at radius 1 is 0.870 bits per heavy atom. The quantitative estimate of drug-likeness (QED) is 0.785. The molecule has 0 atom stereocenters. The molecule has 0 bridgehead atoms. The number of hydrogen-bond acceptors (Lipinski definition) is 2. The van der Waals surface area contributed by atoms with Crippen molar-refractivity contribution in [1.29, 1.82) is 0 Å². The lowest BCUT2D eigenvalue weighted by atomic mass is 9.95. The molecular formula is C15H7F6O2-. The SMILES string of the molecule is O=C([O-])c1cc(-c2ccccc2C(F)(F)F)cc(C(F)(F)F)c1. The van der Waals surface area contributed by atoms with Gasteiger partial charge in [0.15, 0.2) is 0 Å². The molecule has 0 saturated carbocycles. The summed E-state index contributed by atoms with van der Waals surface area (Å²) in [6, 6.07) is 5.47. The van der Waals surface area contributed by atoms with Gasteiger partial charge in [-0.3, -0.25) is 0 Å². The van der Waals surface area contributed by atoms with Gasteiger partial charge < -0.3 is 9.90 Å². The highest BCUT2D eigenvalue weighted by Gasteiger charge is 2.35. The van der Waals surface area contributed by atoms with Gasteiger partial charge in [-0.15, -0.1) is 0 Å². The van der Waals surface area contributed by atoms with E-state index in [-0.39, 0.29) is 0 Å². The average molecular weight is 333 g/mol. The van der Waals surface area contributed by atoms with Crippen LogP contribution >= 0.6 is 0 Å². The first-order valence-corrected chi connectivity index (χ1v) is 6.10. The molecule has 122 valence electrons. The molecule has 0 unspecified atom stereocenters. The van der Waals surface area contributed by atoms with Crippen molar-refractivity contribution < 1.29 is 36.2 Å². The van der Waals surface area contributed by atoms with Crippen LogP contribution in [0, 0.1) is 0 Å². The zero-order chi connectivity index (χ0) is 17.4. The number of aromatic carboxylic acids is 1. The molecule has 2 aromatic rings. The summed E-state index contributed by atoms with van der Waals surface area (Å²) in [5.74, 6) is -1.91. The largest absolute Gasteiger partial charge is 0.545 e. The highest BCUT2D eigenvalue weighted by atomic mass is 19.4. The summed E-state index contributed by atoms with van der Waals surface area (Å²) < 4.78 is 77.4. The van der Waals surface area contributed by atoms with E-state index in [0.29, 0.717) is 18.2 Å². The molecule has 0 aliphatic rings. The van der Waals surface area contributed by atoms with Crippen molar-refractivity contribution in [3.8, 4) is 11.1 Å². The first-order chi connectivity index (χ1) is 10.5. The standard InChI is InChI=1S/C15H8F6O2/c16-14(17,18)10-6-8(5-9(7-10)13(22)23)11-3-1-2-4-12(11)15(19,20)21/h1-7H,(H,22,23)/p-1. The van der Waals surface area contributed by atoms with Crippen molar-refractivity contribution in [2.24, 2.45) is 0 Å². The van der Waals surface area contributed by atoms with Crippen LogP contribution in [-0.2, 0) is 12.4 Å². The number of carbonyl (C=O) groups excluding carboxylic acids is 1. The zero-order valence-electron chi connectivity index (χ0n) is 11.1. The van der Waals surface area contributed by atoms with Crippen molar-refractivity contribution in [2.75, 3.05) is 0 Å². The van der Waals surface area contributed by atoms with E-state index in [1.165, 1.54) is 6.07 Å². The van der Waals surface area contributed by atoms with Crippen molar-refractivity contribution in [1.82, 2.24) is 0 Å². The van der Waals surface area contributed by atoms with Crippen LogP contribution in [0.1, 0.15) is 21.5 Å². The highest BCUT2D eigenvalue weighted by molar-refractivity contribution is 5.88. The molecule has 2 aromatic carbocycles. The van der Waals surface area contributed by atoms with Gasteiger partial charge in [0.05, 0.1) is 17.1 Å². The molecular weight excluding hydrogens is 326 g/mol. The molecule has 0 amide bonds. The highest BCUT2D eigenvalue weighted by Crippen LogP contribution is 2.39. The van der Waals surface area contributed by atoms with Crippen LogP contribution < -0.4 is 5.11 Å². The lowest BCUT2D eigenvalue weighted by molar-refractivity contribution is -0.255. The molecule has 0 N–H and O–H groups in total. The van der Waals surface area contributed by atoms with Gasteiger partial charge in [0.2, 0.25) is 0 Å². The fraction of sp³-hybridized carbons (Fsp3) is 0.133. The number of carbonyl (C=O) groups is 1. The maximum Gasteiger partial charge on any atom is 0.417 e. The summed E-state index contributed by atoms with van der Waals surface area (Å²) in [6.45, 7) is 0. The predicted molar refractivity (Wildman–Crippen MR) is 66.2 cm³/mol. The summed E-state index contributed by atoms with van der Waals surface area (Å²) in [4.78, 5) is 10.8. The molecule has 8 heteroatoms. The third kappa shape index (κ3) is 3.64. The lowest BCUT2D eigenvalue weighted by Gasteiger charge is -2.16. The maximum absolute atomic E-state index is 13.0. The number of carboxylic acid groups (broad SMARTS) is 1. The molecule has 0 heterocycles. The Morgan fingerprint density at radius 3 is 2.00 bits per heavy atom. The minimum absolute atomic E-state index is 0.315. The van der Waals surface area contributed by atoms with Gasteiger partial charge in [-0.05, 0) is 41.0 Å². The van der Waals surface area contributed by atoms with E-state index in [4.69, 9.17) is 0 Å². The Bertz CT molecular complexity index is 746. The summed E-state index contributed by atoms with van der Waals surface area (Å²) in [5, 5.41) is 10.8. The topological polar surface area (TPSA) is 40.1 Å². The van der Waals surface area contributed by atoms with Gasteiger partial charge in [-0.1, -0.05) is 18.2 Å². The van der Waals surface area contributed by atoms with Crippen molar-refractivity contribution in [3.05, 3.63) is 59.2 Å². The van der Waals surface area contributed by atoms with Crippen LogP contribution in [-0.4, -0.2) is 5.97 Å². The Labute approximate surface area is 126 Å². The minimum atomic E-state index is -4.91. The number of benzene rings is 2. The Balaban J connectivity index is 2.74. The first kappa shape index (κ1) is 16.9. The van der Waals surface area contributed by atoms with E-state index in [2.05, 4.69) is 0 Å². The summed E-state index contributed by atoms with van der Waals surface area (Å²) in [5.41, 5.74) is -4.44. The van der Waals surface area contributed by atoms with Gasteiger partial charge in [0.25, 0.3) is 0 Å². The third-order valence-corrected chi connectivity index (χ3v) is 3.04. The fourth-order valence-electron chi connectivity index (χ4n) is 2.05. The molecule has 0 radical (unpaired) electrons. The van der Waals surface area contributed by atoms with Gasteiger partial charge in [0.1, 0.15) is 0 Å². The van der Waals surface area contributed by atoms with Gasteiger partial charge in [-0.2, -0.15) is 26.3 Å². The van der Waals surface area contributed by atoms with Crippen LogP contribution in [0.2, 0.25) is 0 Å². The normalized spacial score (nSPS) is 12.3. The zero-order valence-corrected chi connectivity index (χ0v) is 11.1. The molecule has 0 saturated heterocycles. The van der Waals surface area contributed by atoms with E-state index in [1.54, 1.807) is 0 Å². The van der Waals surface area contributed by atoms with Gasteiger partial charge in [-0.25, -0.2) is 0 Å². The van der Waals surface area contributed by atoms with E-state index in [1.807, 2.05) is 0 Å². The summed E-state index contributed by atoms with van der Waals surface area (Å²) in [7, 11) is 0. The number of halogens is 6. The molecule has 0 spiro atoms. The van der Waals surface area contributed by atoms with E-state index in [0.717, 1.165) is 18.2 Å². The van der Waals surface area contributed by atoms with E-state index < -0.39 is 46.1 Å². The first-order valence-electron chi connectivity index (χ1n) is 6.10. The van der Waals surface area contributed by atoms with Gasteiger partial charge in [0, 0.05) is 0 Å². The van der Waals surface area contributed by atoms with Crippen LogP contribution in [0.3, 0.4) is 0 Å². The number of hydrogen-bond donors (Lipinski definition) is 0. The van der Waals surface area contributed by atoms with Crippen molar-refractivity contribution >= 4 is 5.97 Å². The number of alkyl halides is 6. The maximum atomic E-state index is 13.0. The molecule has 0 aliphatic carbocycles. The van der Waals surface area contributed by atoms with Crippen molar-refractivity contribution in [2.45, 2.75) is 12.4 Å². The molecule has 0 fully saturated rings. The Hall–Kier alpha value is -2.51.